The summed E-state index contributed by atoms with van der Waals surface area (Å²) in [5.74, 6) is 0. The van der Waals surface area contributed by atoms with Gasteiger partial charge < -0.3 is 4.79 Å². The molecule has 0 N–H and O–H groups in total. The molecule has 6 nitrogen and oxygen atoms in total. The molecule has 3 aromatic rings. The van der Waals surface area contributed by atoms with E-state index in [1.54, 1.807) is 12.1 Å². The van der Waals surface area contributed by atoms with E-state index in [4.69, 9.17) is 0 Å². The number of nitrogens with zero attached hydrogens (tertiary/aromatic N) is 3. The molecule has 1 saturated heterocycles. The number of benzene rings is 2. The van der Waals surface area contributed by atoms with E-state index in [1.165, 1.54) is 3.97 Å². The van der Waals surface area contributed by atoms with Gasteiger partial charge in [-0.1, -0.05) is 60.7 Å². The summed E-state index contributed by atoms with van der Waals surface area (Å²) in [6.07, 6.45) is 10.8. The first-order chi connectivity index (χ1) is 16.5. The Kier molecular flexibility index (Phi) is 5.09. The van der Waals surface area contributed by atoms with E-state index in [1.807, 2.05) is 54.6 Å². The van der Waals surface area contributed by atoms with Crippen molar-refractivity contribution >= 4 is 27.2 Å². The average Bonchev–Trinajstić information content (AvgIpc) is 3.18. The molecule has 1 unspecified atom stereocenters. The van der Waals surface area contributed by atoms with Crippen LogP contribution in [0.4, 0.5) is 0 Å². The van der Waals surface area contributed by atoms with Crippen LogP contribution in [0.15, 0.2) is 77.7 Å². The Morgan fingerprint density at radius 3 is 2.59 bits per heavy atom. The highest BCUT2D eigenvalue weighted by atomic mass is 32.2. The van der Waals surface area contributed by atoms with Crippen LogP contribution < -0.4 is 0 Å². The molecule has 0 bridgehead atoms. The zero-order valence-corrected chi connectivity index (χ0v) is 19.7. The first kappa shape index (κ1) is 21.5. The van der Waals surface area contributed by atoms with Gasteiger partial charge in [-0.2, -0.15) is 0 Å². The molecular formula is C27H27N3O3S. The Hall–Kier alpha value is -3.00. The number of aromatic nitrogens is 1. The van der Waals surface area contributed by atoms with Crippen LogP contribution in [0.1, 0.15) is 18.4 Å². The fourth-order valence-corrected chi connectivity index (χ4v) is 7.49. The molecule has 3 aliphatic rings. The molecule has 0 saturated carbocycles. The minimum absolute atomic E-state index is 0.379. The molecule has 174 valence electrons. The van der Waals surface area contributed by atoms with E-state index in [0.29, 0.717) is 17.9 Å². The van der Waals surface area contributed by atoms with Crippen LogP contribution in [-0.2, 0) is 21.4 Å². The summed E-state index contributed by atoms with van der Waals surface area (Å²) < 4.78 is 28.4. The zero-order valence-electron chi connectivity index (χ0n) is 18.9. The summed E-state index contributed by atoms with van der Waals surface area (Å²) >= 11 is 0. The van der Waals surface area contributed by atoms with Crippen LogP contribution in [0.3, 0.4) is 0 Å². The van der Waals surface area contributed by atoms with Crippen molar-refractivity contribution < 1.29 is 13.2 Å². The molecule has 1 aromatic heterocycles. The first-order valence-corrected chi connectivity index (χ1v) is 13.2. The Balaban J connectivity index is 1.36. The lowest BCUT2D eigenvalue weighted by Crippen LogP contribution is -2.50. The van der Waals surface area contributed by atoms with Crippen LogP contribution in [0.5, 0.6) is 0 Å². The molecule has 0 spiro atoms. The van der Waals surface area contributed by atoms with Gasteiger partial charge in [-0.25, -0.2) is 12.4 Å². The number of para-hydroxylation sites is 1. The van der Waals surface area contributed by atoms with Crippen molar-refractivity contribution in [3.63, 3.8) is 0 Å². The second kappa shape index (κ2) is 8.05. The van der Waals surface area contributed by atoms with Crippen molar-refractivity contribution in [3.05, 3.63) is 78.4 Å². The number of carbonyl (C=O) groups is 1. The lowest BCUT2D eigenvalue weighted by molar-refractivity contribution is -0.116. The van der Waals surface area contributed by atoms with E-state index in [2.05, 4.69) is 15.9 Å². The highest BCUT2D eigenvalue weighted by molar-refractivity contribution is 7.90. The zero-order chi connectivity index (χ0) is 23.3. The Bertz CT molecular complexity index is 1450. The summed E-state index contributed by atoms with van der Waals surface area (Å²) in [6, 6.07) is 15.1. The molecule has 7 heteroatoms. The summed E-state index contributed by atoms with van der Waals surface area (Å²) in [5, 5.41) is 0.987. The topological polar surface area (TPSA) is 62.6 Å². The molecule has 6 rings (SSSR count). The number of aldehydes is 1. The van der Waals surface area contributed by atoms with Crippen molar-refractivity contribution in [1.29, 1.82) is 0 Å². The summed E-state index contributed by atoms with van der Waals surface area (Å²) in [5.41, 5.74) is 2.82. The minimum Gasteiger partial charge on any atom is -0.301 e. The third-order valence-electron chi connectivity index (χ3n) is 7.44. The number of fused-ring (bicyclic) bond motifs is 5. The largest absolute Gasteiger partial charge is 0.301 e. The Labute approximate surface area is 199 Å². The first-order valence-electron chi connectivity index (χ1n) is 11.8. The van der Waals surface area contributed by atoms with E-state index >= 15 is 0 Å². The monoisotopic (exact) mass is 473 g/mol. The van der Waals surface area contributed by atoms with Crippen LogP contribution in [-0.4, -0.2) is 60.2 Å². The van der Waals surface area contributed by atoms with E-state index in [0.717, 1.165) is 66.6 Å². The van der Waals surface area contributed by atoms with Gasteiger partial charge in [-0.15, -0.1) is 0 Å². The van der Waals surface area contributed by atoms with Crippen LogP contribution in [0, 0.1) is 0 Å². The molecule has 34 heavy (non-hydrogen) atoms. The molecule has 1 atom stereocenters. The number of carbonyl (C=O) groups excluding carboxylic acids is 1. The normalized spacial score (nSPS) is 24.1. The lowest BCUT2D eigenvalue weighted by Gasteiger charge is -2.37. The molecular weight excluding hydrogens is 446 g/mol. The van der Waals surface area contributed by atoms with Gasteiger partial charge in [0.25, 0.3) is 10.0 Å². The molecule has 2 aromatic carbocycles. The SMILES string of the molecule is O=CC1(N2CCCN(Cc3c4n(c5ccccc35)S(=O)(=O)c3ccccc3-4)CC2)C=CC=CC1. The van der Waals surface area contributed by atoms with Gasteiger partial charge in [-0.05, 0) is 31.5 Å². The molecule has 1 aliphatic carbocycles. The van der Waals surface area contributed by atoms with E-state index < -0.39 is 15.6 Å². The van der Waals surface area contributed by atoms with Gasteiger partial charge in [0.15, 0.2) is 0 Å². The quantitative estimate of drug-likeness (QED) is 0.422. The van der Waals surface area contributed by atoms with Gasteiger partial charge in [0, 0.05) is 42.7 Å². The van der Waals surface area contributed by atoms with Crippen molar-refractivity contribution in [2.24, 2.45) is 0 Å². The fourth-order valence-electron chi connectivity index (χ4n) is 5.73. The predicted octanol–water partition coefficient (Wildman–Crippen LogP) is 3.82. The standard InChI is InChI=1S/C27H27N3O3S/c31-20-27(13-6-1-7-14-27)29-16-8-15-28(17-18-29)19-23-21-9-2-4-11-24(21)30-26(23)22-10-3-5-12-25(22)34(30,32)33/h1-7,9-13,20H,8,14-19H2. The van der Waals surface area contributed by atoms with Crippen molar-refractivity contribution in [2.75, 3.05) is 26.2 Å². The van der Waals surface area contributed by atoms with Crippen LogP contribution in [0.25, 0.3) is 22.2 Å². The van der Waals surface area contributed by atoms with Gasteiger partial charge in [0.2, 0.25) is 0 Å². The minimum atomic E-state index is -3.62. The summed E-state index contributed by atoms with van der Waals surface area (Å²) in [6.45, 7) is 4.04. The summed E-state index contributed by atoms with van der Waals surface area (Å²) in [7, 11) is -3.62. The number of hydrogen-bond donors (Lipinski definition) is 0. The smallest absolute Gasteiger partial charge is 0.269 e. The Morgan fingerprint density at radius 2 is 1.76 bits per heavy atom. The molecule has 2 aliphatic heterocycles. The van der Waals surface area contributed by atoms with Crippen molar-refractivity contribution in [1.82, 2.24) is 13.8 Å². The second-order valence-electron chi connectivity index (χ2n) is 9.33. The second-order valence-corrected chi connectivity index (χ2v) is 11.1. The molecule has 1 fully saturated rings. The van der Waals surface area contributed by atoms with Crippen LogP contribution in [0.2, 0.25) is 0 Å². The average molecular weight is 474 g/mol. The maximum atomic E-state index is 13.4. The molecule has 3 heterocycles. The fraction of sp³-hybridized carbons (Fsp3) is 0.296. The van der Waals surface area contributed by atoms with E-state index in [-0.39, 0.29) is 0 Å². The van der Waals surface area contributed by atoms with Crippen molar-refractivity contribution in [3.8, 4) is 11.3 Å². The third-order valence-corrected chi connectivity index (χ3v) is 9.21. The number of rotatable bonds is 4. The third kappa shape index (κ3) is 3.15. The predicted molar refractivity (Wildman–Crippen MR) is 133 cm³/mol. The van der Waals surface area contributed by atoms with Crippen LogP contribution >= 0.6 is 0 Å². The maximum Gasteiger partial charge on any atom is 0.269 e. The van der Waals surface area contributed by atoms with Gasteiger partial charge in [0.1, 0.15) is 6.29 Å². The summed E-state index contributed by atoms with van der Waals surface area (Å²) in [4.78, 5) is 17.2. The van der Waals surface area contributed by atoms with Crippen molar-refractivity contribution in [2.45, 2.75) is 29.8 Å². The van der Waals surface area contributed by atoms with Gasteiger partial charge in [-0.3, -0.25) is 9.80 Å². The highest BCUT2D eigenvalue weighted by Gasteiger charge is 2.38. The molecule has 0 radical (unpaired) electrons. The highest BCUT2D eigenvalue weighted by Crippen LogP contribution is 2.45. The number of allylic oxidation sites excluding steroid dienone is 2. The molecule has 0 amide bonds. The van der Waals surface area contributed by atoms with Gasteiger partial charge >= 0.3 is 0 Å². The maximum absolute atomic E-state index is 13.4. The van der Waals surface area contributed by atoms with Gasteiger partial charge in [0.05, 0.1) is 21.6 Å². The lowest BCUT2D eigenvalue weighted by atomic mass is 9.90. The number of hydrogen-bond acceptors (Lipinski definition) is 5. The van der Waals surface area contributed by atoms with E-state index in [9.17, 15) is 13.2 Å². The Morgan fingerprint density at radius 1 is 0.941 bits per heavy atom.